The summed E-state index contributed by atoms with van der Waals surface area (Å²) in [6.07, 6.45) is -2.07. The molecule has 0 atom stereocenters. The molecule has 1 aliphatic heterocycles. The van der Waals surface area contributed by atoms with E-state index in [0.717, 1.165) is 38.5 Å². The average molecular weight is 272 g/mol. The van der Waals surface area contributed by atoms with Crippen LogP contribution in [-0.4, -0.2) is 31.6 Å². The van der Waals surface area contributed by atoms with E-state index in [1.54, 1.807) is 6.07 Å². The molecule has 1 aliphatic rings. The topological polar surface area (TPSA) is 15.3 Å². The maximum Gasteiger partial charge on any atom is 0.416 e. The van der Waals surface area contributed by atoms with Crippen LogP contribution in [0.1, 0.15) is 18.4 Å². The summed E-state index contributed by atoms with van der Waals surface area (Å²) >= 11 is 0. The predicted octanol–water partition coefficient (Wildman–Crippen LogP) is 3.46. The Bertz CT molecular complexity index is 409. The van der Waals surface area contributed by atoms with Gasteiger partial charge in [0, 0.05) is 12.2 Å². The van der Waals surface area contributed by atoms with Gasteiger partial charge >= 0.3 is 6.18 Å². The largest absolute Gasteiger partial charge is 0.416 e. The van der Waals surface area contributed by atoms with Crippen molar-refractivity contribution < 1.29 is 13.2 Å². The monoisotopic (exact) mass is 272 g/mol. The van der Waals surface area contributed by atoms with E-state index in [4.69, 9.17) is 0 Å². The van der Waals surface area contributed by atoms with Crippen molar-refractivity contribution in [2.75, 3.05) is 32.0 Å². The van der Waals surface area contributed by atoms with Crippen LogP contribution in [0.5, 0.6) is 0 Å². The summed E-state index contributed by atoms with van der Waals surface area (Å²) in [4.78, 5) is 2.28. The number of piperidine rings is 1. The molecule has 1 heterocycles. The zero-order valence-electron chi connectivity index (χ0n) is 11.0. The van der Waals surface area contributed by atoms with Crippen LogP contribution in [-0.2, 0) is 6.18 Å². The minimum atomic E-state index is -4.27. The average Bonchev–Trinajstić information content (AvgIpc) is 2.37. The van der Waals surface area contributed by atoms with Gasteiger partial charge in [-0.15, -0.1) is 0 Å². The molecule has 106 valence electrons. The Morgan fingerprint density at radius 3 is 2.58 bits per heavy atom. The Morgan fingerprint density at radius 1 is 1.26 bits per heavy atom. The highest BCUT2D eigenvalue weighted by molar-refractivity contribution is 5.46. The molecule has 0 radical (unpaired) electrons. The van der Waals surface area contributed by atoms with Gasteiger partial charge in [-0.25, -0.2) is 0 Å². The van der Waals surface area contributed by atoms with Crippen LogP contribution in [0.15, 0.2) is 24.3 Å². The molecule has 0 saturated carbocycles. The zero-order chi connectivity index (χ0) is 13.9. The van der Waals surface area contributed by atoms with Crippen LogP contribution in [0.4, 0.5) is 18.9 Å². The molecule has 1 aromatic rings. The SMILES string of the molecule is CN1CCC(CNc2cccc(C(F)(F)F)c2)CC1. The summed E-state index contributed by atoms with van der Waals surface area (Å²) in [6, 6.07) is 5.40. The second-order valence-electron chi connectivity index (χ2n) is 5.21. The maximum absolute atomic E-state index is 12.6. The number of likely N-dealkylation sites (tertiary alicyclic amines) is 1. The lowest BCUT2D eigenvalue weighted by Crippen LogP contribution is -2.32. The first kappa shape index (κ1) is 14.2. The number of hydrogen-bond donors (Lipinski definition) is 1. The van der Waals surface area contributed by atoms with E-state index in [0.29, 0.717) is 11.6 Å². The molecule has 0 amide bonds. The highest BCUT2D eigenvalue weighted by atomic mass is 19.4. The van der Waals surface area contributed by atoms with Crippen molar-refractivity contribution in [2.24, 2.45) is 5.92 Å². The number of anilines is 1. The van der Waals surface area contributed by atoms with E-state index in [9.17, 15) is 13.2 Å². The molecule has 1 saturated heterocycles. The van der Waals surface area contributed by atoms with E-state index < -0.39 is 11.7 Å². The third kappa shape index (κ3) is 4.13. The summed E-state index contributed by atoms with van der Waals surface area (Å²) < 4.78 is 37.7. The van der Waals surface area contributed by atoms with Gasteiger partial charge in [-0.1, -0.05) is 6.07 Å². The Morgan fingerprint density at radius 2 is 1.95 bits per heavy atom. The van der Waals surface area contributed by atoms with E-state index in [1.807, 2.05) is 0 Å². The van der Waals surface area contributed by atoms with Gasteiger partial charge in [-0.2, -0.15) is 13.2 Å². The van der Waals surface area contributed by atoms with Crippen LogP contribution in [0, 0.1) is 5.92 Å². The van der Waals surface area contributed by atoms with Gasteiger partial charge in [0.2, 0.25) is 0 Å². The van der Waals surface area contributed by atoms with Gasteiger partial charge < -0.3 is 10.2 Å². The van der Waals surface area contributed by atoms with Crippen LogP contribution < -0.4 is 5.32 Å². The lowest BCUT2D eigenvalue weighted by molar-refractivity contribution is -0.137. The first-order chi connectivity index (χ1) is 8.95. The molecule has 1 N–H and O–H groups in total. The first-order valence-corrected chi connectivity index (χ1v) is 6.55. The van der Waals surface area contributed by atoms with Gasteiger partial charge in [0.1, 0.15) is 0 Å². The van der Waals surface area contributed by atoms with Crippen LogP contribution in [0.3, 0.4) is 0 Å². The Labute approximate surface area is 111 Å². The quantitative estimate of drug-likeness (QED) is 0.906. The molecule has 1 aromatic carbocycles. The van der Waals surface area contributed by atoms with Crippen molar-refractivity contribution in [1.82, 2.24) is 4.90 Å². The Hall–Kier alpha value is -1.23. The second kappa shape index (κ2) is 5.82. The molecule has 19 heavy (non-hydrogen) atoms. The fourth-order valence-electron chi connectivity index (χ4n) is 2.33. The lowest BCUT2D eigenvalue weighted by Gasteiger charge is -2.29. The predicted molar refractivity (Wildman–Crippen MR) is 70.2 cm³/mol. The van der Waals surface area contributed by atoms with Gasteiger partial charge in [0.15, 0.2) is 0 Å². The number of alkyl halides is 3. The maximum atomic E-state index is 12.6. The van der Waals surface area contributed by atoms with Gasteiger partial charge in [-0.05, 0) is 57.1 Å². The van der Waals surface area contributed by atoms with Crippen LogP contribution >= 0.6 is 0 Å². The third-order valence-corrected chi connectivity index (χ3v) is 3.62. The van der Waals surface area contributed by atoms with E-state index in [1.165, 1.54) is 12.1 Å². The smallest absolute Gasteiger partial charge is 0.385 e. The summed E-state index contributed by atoms with van der Waals surface area (Å²) in [5.74, 6) is 0.547. The van der Waals surface area contributed by atoms with Gasteiger partial charge in [-0.3, -0.25) is 0 Å². The molecule has 1 fully saturated rings. The van der Waals surface area contributed by atoms with Crippen LogP contribution in [0.25, 0.3) is 0 Å². The van der Waals surface area contributed by atoms with Crippen LogP contribution in [0.2, 0.25) is 0 Å². The summed E-state index contributed by atoms with van der Waals surface area (Å²) in [5, 5.41) is 3.12. The minimum absolute atomic E-state index is 0.547. The molecule has 2 nitrogen and oxygen atoms in total. The molecule has 0 spiro atoms. The van der Waals surface area contributed by atoms with Crippen molar-refractivity contribution >= 4 is 5.69 Å². The number of rotatable bonds is 3. The fraction of sp³-hybridized carbons (Fsp3) is 0.571. The van der Waals surface area contributed by atoms with E-state index in [-0.39, 0.29) is 0 Å². The van der Waals surface area contributed by atoms with Crippen molar-refractivity contribution in [1.29, 1.82) is 0 Å². The third-order valence-electron chi connectivity index (χ3n) is 3.62. The highest BCUT2D eigenvalue weighted by Crippen LogP contribution is 2.30. The Kier molecular flexibility index (Phi) is 4.34. The van der Waals surface area contributed by atoms with Gasteiger partial charge in [0.25, 0.3) is 0 Å². The fourth-order valence-corrected chi connectivity index (χ4v) is 2.33. The number of benzene rings is 1. The molecule has 0 unspecified atom stereocenters. The second-order valence-corrected chi connectivity index (χ2v) is 5.21. The lowest BCUT2D eigenvalue weighted by atomic mass is 9.97. The summed E-state index contributed by atoms with van der Waals surface area (Å²) in [7, 11) is 2.09. The first-order valence-electron chi connectivity index (χ1n) is 6.55. The molecular weight excluding hydrogens is 253 g/mol. The summed E-state index contributed by atoms with van der Waals surface area (Å²) in [5.41, 5.74) is -0.0466. The number of hydrogen-bond acceptors (Lipinski definition) is 2. The van der Waals surface area contributed by atoms with Crippen molar-refractivity contribution in [3.63, 3.8) is 0 Å². The highest BCUT2D eigenvalue weighted by Gasteiger charge is 2.30. The minimum Gasteiger partial charge on any atom is -0.385 e. The van der Waals surface area contributed by atoms with Crippen molar-refractivity contribution in [3.05, 3.63) is 29.8 Å². The number of halogens is 3. The number of nitrogens with one attached hydrogen (secondary N) is 1. The summed E-state index contributed by atoms with van der Waals surface area (Å²) in [6.45, 7) is 2.87. The van der Waals surface area contributed by atoms with E-state index >= 15 is 0 Å². The molecule has 2 rings (SSSR count). The zero-order valence-corrected chi connectivity index (χ0v) is 11.0. The number of nitrogens with zero attached hydrogens (tertiary/aromatic N) is 1. The van der Waals surface area contributed by atoms with Crippen molar-refractivity contribution in [2.45, 2.75) is 19.0 Å². The normalized spacial score (nSPS) is 18.5. The molecule has 0 aromatic heterocycles. The van der Waals surface area contributed by atoms with Crippen molar-refractivity contribution in [3.8, 4) is 0 Å². The molecule has 0 bridgehead atoms. The van der Waals surface area contributed by atoms with E-state index in [2.05, 4.69) is 17.3 Å². The standard InChI is InChI=1S/C14H19F3N2/c1-19-7-5-11(6-8-19)10-18-13-4-2-3-12(9-13)14(15,16)17/h2-4,9,11,18H,5-8,10H2,1H3. The Balaban J connectivity index is 1.89. The molecular formula is C14H19F3N2. The molecule has 0 aliphatic carbocycles. The van der Waals surface area contributed by atoms with Gasteiger partial charge in [0.05, 0.1) is 5.56 Å². The molecule has 5 heteroatoms.